The summed E-state index contributed by atoms with van der Waals surface area (Å²) in [6.45, 7) is 4.46. The van der Waals surface area contributed by atoms with E-state index in [4.69, 9.17) is 4.74 Å². The molecule has 0 aliphatic carbocycles. The first kappa shape index (κ1) is 15.5. The van der Waals surface area contributed by atoms with Gasteiger partial charge in [-0.3, -0.25) is 14.9 Å². The van der Waals surface area contributed by atoms with E-state index in [1.807, 2.05) is 36.1 Å². The molecule has 2 aliphatic rings. The number of benzene rings is 1. The summed E-state index contributed by atoms with van der Waals surface area (Å²) >= 11 is 0. The maximum Gasteiger partial charge on any atom is 0.249 e. The van der Waals surface area contributed by atoms with Crippen molar-refractivity contribution in [1.29, 1.82) is 0 Å². The molecule has 1 atom stereocenters. The van der Waals surface area contributed by atoms with Crippen LogP contribution in [0, 0.1) is 6.92 Å². The first-order chi connectivity index (χ1) is 11.1. The van der Waals surface area contributed by atoms with Crippen molar-refractivity contribution in [3.05, 3.63) is 29.8 Å². The van der Waals surface area contributed by atoms with Crippen molar-refractivity contribution < 1.29 is 14.3 Å². The Hall–Kier alpha value is -2.41. The van der Waals surface area contributed by atoms with Crippen LogP contribution in [0.1, 0.15) is 12.0 Å². The number of rotatable bonds is 2. The van der Waals surface area contributed by atoms with E-state index in [0.29, 0.717) is 38.0 Å². The number of aliphatic imine (C=N–C) groups is 1. The highest BCUT2D eigenvalue weighted by Gasteiger charge is 2.29. The zero-order chi connectivity index (χ0) is 16.2. The molecule has 7 heteroatoms. The number of ether oxygens (including phenoxy) is 1. The van der Waals surface area contributed by atoms with E-state index in [9.17, 15) is 9.59 Å². The van der Waals surface area contributed by atoms with Crippen molar-refractivity contribution in [2.24, 2.45) is 4.99 Å². The van der Waals surface area contributed by atoms with Gasteiger partial charge in [0.1, 0.15) is 6.04 Å². The summed E-state index contributed by atoms with van der Waals surface area (Å²) < 4.78 is 5.29. The van der Waals surface area contributed by atoms with Crippen LogP contribution in [0.5, 0.6) is 0 Å². The van der Waals surface area contributed by atoms with Crippen LogP contribution in [-0.4, -0.2) is 55.0 Å². The second-order valence-corrected chi connectivity index (χ2v) is 5.68. The van der Waals surface area contributed by atoms with Crippen molar-refractivity contribution in [2.75, 3.05) is 31.6 Å². The van der Waals surface area contributed by atoms with Crippen LogP contribution in [0.15, 0.2) is 29.3 Å². The van der Waals surface area contributed by atoms with Crippen molar-refractivity contribution >= 4 is 23.5 Å². The third-order valence-corrected chi connectivity index (χ3v) is 3.81. The summed E-state index contributed by atoms with van der Waals surface area (Å²) in [5, 5.41) is 5.57. The molecule has 1 fully saturated rings. The fraction of sp³-hybridized carbons (Fsp3) is 0.438. The van der Waals surface area contributed by atoms with Gasteiger partial charge in [-0.1, -0.05) is 12.1 Å². The molecule has 0 spiro atoms. The lowest BCUT2D eigenvalue weighted by atomic mass is 10.1. The standard InChI is InChI=1S/C16H20N4O3/c1-11-3-2-4-12(9-11)17-15(22)13-10-14(21)19-16(18-13)20-5-7-23-8-6-20/h2-4,9,13H,5-8,10H2,1H3,(H,17,22)(H,18,19,21)/t13-/m1/s1. The van der Waals surface area contributed by atoms with Crippen molar-refractivity contribution in [3.63, 3.8) is 0 Å². The van der Waals surface area contributed by atoms with Crippen LogP contribution in [-0.2, 0) is 14.3 Å². The number of nitrogens with one attached hydrogen (secondary N) is 2. The van der Waals surface area contributed by atoms with Crippen LogP contribution < -0.4 is 10.6 Å². The predicted octanol–water partition coefficient (Wildman–Crippen LogP) is 0.510. The SMILES string of the molecule is Cc1cccc(NC(=O)[C@H]2CC(=O)NC(N3CCOCC3)=N2)c1. The van der Waals surface area contributed by atoms with Gasteiger partial charge >= 0.3 is 0 Å². The molecule has 0 radical (unpaired) electrons. The Kier molecular flexibility index (Phi) is 4.57. The summed E-state index contributed by atoms with van der Waals surface area (Å²) in [7, 11) is 0. The minimum Gasteiger partial charge on any atom is -0.378 e. The number of hydrogen-bond donors (Lipinski definition) is 2. The van der Waals surface area contributed by atoms with Crippen LogP contribution >= 0.6 is 0 Å². The van der Waals surface area contributed by atoms with Gasteiger partial charge in [0, 0.05) is 18.8 Å². The van der Waals surface area contributed by atoms with E-state index in [0.717, 1.165) is 5.56 Å². The lowest BCUT2D eigenvalue weighted by molar-refractivity contribution is -0.125. The summed E-state index contributed by atoms with van der Waals surface area (Å²) in [6.07, 6.45) is 0.0610. The number of guanidine groups is 1. The normalized spacial score (nSPS) is 21.4. The molecule has 2 aliphatic heterocycles. The predicted molar refractivity (Wildman–Crippen MR) is 86.2 cm³/mol. The average Bonchev–Trinajstić information content (AvgIpc) is 2.55. The maximum absolute atomic E-state index is 12.4. The number of hydrogen-bond acceptors (Lipinski definition) is 5. The zero-order valence-electron chi connectivity index (χ0n) is 13.0. The van der Waals surface area contributed by atoms with Gasteiger partial charge in [0.15, 0.2) is 0 Å². The number of carbonyl (C=O) groups excluding carboxylic acids is 2. The Labute approximate surface area is 134 Å². The number of morpholine rings is 1. The summed E-state index contributed by atoms with van der Waals surface area (Å²) in [6, 6.07) is 6.83. The second kappa shape index (κ2) is 6.78. The van der Waals surface area contributed by atoms with E-state index < -0.39 is 6.04 Å². The zero-order valence-corrected chi connectivity index (χ0v) is 13.0. The molecule has 2 N–H and O–H groups in total. The first-order valence-corrected chi connectivity index (χ1v) is 7.70. The molecular formula is C16H20N4O3. The van der Waals surface area contributed by atoms with Crippen LogP contribution in [0.4, 0.5) is 5.69 Å². The van der Waals surface area contributed by atoms with Gasteiger partial charge in [-0.2, -0.15) is 0 Å². The monoisotopic (exact) mass is 316 g/mol. The highest BCUT2D eigenvalue weighted by Crippen LogP contribution is 2.13. The van der Waals surface area contributed by atoms with Gasteiger partial charge in [0.2, 0.25) is 17.8 Å². The Balaban J connectivity index is 1.72. The molecule has 7 nitrogen and oxygen atoms in total. The van der Waals surface area contributed by atoms with Crippen LogP contribution in [0.25, 0.3) is 0 Å². The highest BCUT2D eigenvalue weighted by atomic mass is 16.5. The molecular weight excluding hydrogens is 296 g/mol. The number of amides is 2. The molecule has 1 saturated heterocycles. The minimum atomic E-state index is -0.706. The highest BCUT2D eigenvalue weighted by molar-refractivity contribution is 6.05. The second-order valence-electron chi connectivity index (χ2n) is 5.68. The minimum absolute atomic E-state index is 0.0610. The van der Waals surface area contributed by atoms with Gasteiger partial charge in [-0.05, 0) is 24.6 Å². The topological polar surface area (TPSA) is 83.0 Å². The Morgan fingerprint density at radius 2 is 2.17 bits per heavy atom. The van der Waals surface area contributed by atoms with E-state index in [-0.39, 0.29) is 18.2 Å². The molecule has 1 aromatic rings. The summed E-state index contributed by atoms with van der Waals surface area (Å²) in [4.78, 5) is 30.7. The Morgan fingerprint density at radius 3 is 2.91 bits per heavy atom. The van der Waals surface area contributed by atoms with E-state index in [2.05, 4.69) is 15.6 Å². The molecule has 3 rings (SSSR count). The van der Waals surface area contributed by atoms with Gasteiger partial charge in [-0.15, -0.1) is 0 Å². The largest absolute Gasteiger partial charge is 0.378 e. The van der Waals surface area contributed by atoms with Crippen LogP contribution in [0.2, 0.25) is 0 Å². The lowest BCUT2D eigenvalue weighted by Crippen LogP contribution is -2.53. The third-order valence-electron chi connectivity index (χ3n) is 3.81. The van der Waals surface area contributed by atoms with Crippen molar-refractivity contribution in [3.8, 4) is 0 Å². The van der Waals surface area contributed by atoms with Gasteiger partial charge in [0.05, 0.1) is 19.6 Å². The van der Waals surface area contributed by atoms with E-state index >= 15 is 0 Å². The molecule has 2 amide bonds. The Morgan fingerprint density at radius 1 is 1.39 bits per heavy atom. The van der Waals surface area contributed by atoms with Crippen molar-refractivity contribution in [1.82, 2.24) is 10.2 Å². The molecule has 122 valence electrons. The lowest BCUT2D eigenvalue weighted by Gasteiger charge is -2.32. The number of nitrogens with zero attached hydrogens (tertiary/aromatic N) is 2. The fourth-order valence-electron chi connectivity index (χ4n) is 2.61. The first-order valence-electron chi connectivity index (χ1n) is 7.70. The molecule has 0 aromatic heterocycles. The molecule has 0 saturated carbocycles. The Bertz CT molecular complexity index is 638. The quantitative estimate of drug-likeness (QED) is 0.833. The summed E-state index contributed by atoms with van der Waals surface area (Å²) in [5.41, 5.74) is 1.77. The molecule has 2 heterocycles. The number of aryl methyl sites for hydroxylation is 1. The molecule has 1 aromatic carbocycles. The third kappa shape index (κ3) is 3.87. The number of carbonyl (C=O) groups is 2. The molecule has 0 bridgehead atoms. The van der Waals surface area contributed by atoms with Gasteiger partial charge < -0.3 is 15.0 Å². The van der Waals surface area contributed by atoms with E-state index in [1.165, 1.54) is 0 Å². The average molecular weight is 316 g/mol. The van der Waals surface area contributed by atoms with Gasteiger partial charge in [-0.25, -0.2) is 4.99 Å². The molecule has 0 unspecified atom stereocenters. The molecule has 23 heavy (non-hydrogen) atoms. The van der Waals surface area contributed by atoms with Crippen molar-refractivity contribution in [2.45, 2.75) is 19.4 Å². The fourth-order valence-corrected chi connectivity index (χ4v) is 2.61. The van der Waals surface area contributed by atoms with Crippen LogP contribution in [0.3, 0.4) is 0 Å². The van der Waals surface area contributed by atoms with Gasteiger partial charge in [0.25, 0.3) is 0 Å². The van der Waals surface area contributed by atoms with E-state index in [1.54, 1.807) is 0 Å². The maximum atomic E-state index is 12.4. The smallest absolute Gasteiger partial charge is 0.249 e. The number of anilines is 1. The summed E-state index contributed by atoms with van der Waals surface area (Å²) in [5.74, 6) is 0.0102.